The standard InChI is InChI=1S/C13H20N2O/c1-4-5-8-15(3)13(16)11-7-6-10(2)9-12(11)14/h6-7,9H,4-5,8,14H2,1-3H3. The summed E-state index contributed by atoms with van der Waals surface area (Å²) in [6, 6.07) is 5.55. The molecular formula is C13H20N2O. The molecule has 88 valence electrons. The largest absolute Gasteiger partial charge is 0.398 e. The number of benzene rings is 1. The van der Waals surface area contributed by atoms with Crippen LogP contribution < -0.4 is 5.73 Å². The molecule has 0 saturated heterocycles. The Bertz CT molecular complexity index is 374. The maximum atomic E-state index is 12.0. The number of nitrogens with two attached hydrogens (primary N) is 1. The van der Waals surface area contributed by atoms with Crippen molar-refractivity contribution in [3.05, 3.63) is 29.3 Å². The highest BCUT2D eigenvalue weighted by molar-refractivity contribution is 5.99. The van der Waals surface area contributed by atoms with Crippen molar-refractivity contribution in [3.8, 4) is 0 Å². The Morgan fingerprint density at radius 1 is 1.44 bits per heavy atom. The summed E-state index contributed by atoms with van der Waals surface area (Å²) in [5.41, 5.74) is 8.08. The van der Waals surface area contributed by atoms with Crippen molar-refractivity contribution >= 4 is 11.6 Å². The van der Waals surface area contributed by atoms with Crippen LogP contribution >= 0.6 is 0 Å². The number of rotatable bonds is 4. The minimum atomic E-state index is 0.00551. The maximum Gasteiger partial charge on any atom is 0.255 e. The first-order chi connectivity index (χ1) is 7.56. The number of nitrogen functional groups attached to an aromatic ring is 1. The second-order valence-corrected chi connectivity index (χ2v) is 4.17. The van der Waals surface area contributed by atoms with E-state index in [2.05, 4.69) is 6.92 Å². The van der Waals surface area contributed by atoms with Gasteiger partial charge < -0.3 is 10.6 Å². The molecule has 0 saturated carbocycles. The first kappa shape index (κ1) is 12.6. The predicted octanol–water partition coefficient (Wildman–Crippen LogP) is 2.45. The molecule has 0 spiro atoms. The molecule has 1 aromatic carbocycles. The molecule has 3 nitrogen and oxygen atoms in total. The third kappa shape index (κ3) is 2.99. The van der Waals surface area contributed by atoms with E-state index in [1.807, 2.05) is 26.1 Å². The third-order valence-electron chi connectivity index (χ3n) is 2.63. The monoisotopic (exact) mass is 220 g/mol. The number of nitrogens with zero attached hydrogens (tertiary/aromatic N) is 1. The zero-order valence-corrected chi connectivity index (χ0v) is 10.3. The molecule has 0 heterocycles. The van der Waals surface area contributed by atoms with Crippen LogP contribution in [0.4, 0.5) is 5.69 Å². The topological polar surface area (TPSA) is 46.3 Å². The van der Waals surface area contributed by atoms with Gasteiger partial charge in [-0.05, 0) is 31.0 Å². The van der Waals surface area contributed by atoms with Crippen LogP contribution in [0.25, 0.3) is 0 Å². The Labute approximate surface area is 97.2 Å². The smallest absolute Gasteiger partial charge is 0.255 e. The van der Waals surface area contributed by atoms with Crippen molar-refractivity contribution in [1.82, 2.24) is 4.90 Å². The molecule has 0 fully saturated rings. The zero-order chi connectivity index (χ0) is 12.1. The summed E-state index contributed by atoms with van der Waals surface area (Å²) >= 11 is 0. The van der Waals surface area contributed by atoms with Crippen molar-refractivity contribution in [2.75, 3.05) is 19.3 Å². The van der Waals surface area contributed by atoms with Crippen molar-refractivity contribution in [1.29, 1.82) is 0 Å². The van der Waals surface area contributed by atoms with Gasteiger partial charge in [-0.1, -0.05) is 19.4 Å². The van der Waals surface area contributed by atoms with E-state index in [0.717, 1.165) is 24.9 Å². The Hall–Kier alpha value is -1.51. The molecule has 0 bridgehead atoms. The minimum absolute atomic E-state index is 0.00551. The lowest BCUT2D eigenvalue weighted by Gasteiger charge is -2.17. The van der Waals surface area contributed by atoms with E-state index in [0.29, 0.717) is 11.3 Å². The van der Waals surface area contributed by atoms with E-state index in [1.165, 1.54) is 0 Å². The van der Waals surface area contributed by atoms with Crippen LogP contribution in [0.5, 0.6) is 0 Å². The second-order valence-electron chi connectivity index (χ2n) is 4.17. The number of hydrogen-bond acceptors (Lipinski definition) is 2. The van der Waals surface area contributed by atoms with Gasteiger partial charge in [0.15, 0.2) is 0 Å². The SMILES string of the molecule is CCCCN(C)C(=O)c1ccc(C)cc1N. The van der Waals surface area contributed by atoms with Crippen molar-refractivity contribution < 1.29 is 4.79 Å². The van der Waals surface area contributed by atoms with Crippen molar-refractivity contribution in [2.24, 2.45) is 0 Å². The fraction of sp³-hybridized carbons (Fsp3) is 0.462. The van der Waals surface area contributed by atoms with Gasteiger partial charge in [0.1, 0.15) is 0 Å². The van der Waals surface area contributed by atoms with Crippen molar-refractivity contribution in [2.45, 2.75) is 26.7 Å². The fourth-order valence-corrected chi connectivity index (χ4v) is 1.58. The van der Waals surface area contributed by atoms with Crippen molar-refractivity contribution in [3.63, 3.8) is 0 Å². The van der Waals surface area contributed by atoms with Crippen LogP contribution in [0.3, 0.4) is 0 Å². The van der Waals surface area contributed by atoms with E-state index >= 15 is 0 Å². The highest BCUT2D eigenvalue weighted by atomic mass is 16.2. The van der Waals surface area contributed by atoms with E-state index in [-0.39, 0.29) is 5.91 Å². The van der Waals surface area contributed by atoms with Gasteiger partial charge in [-0.15, -0.1) is 0 Å². The zero-order valence-electron chi connectivity index (χ0n) is 10.3. The average molecular weight is 220 g/mol. The van der Waals surface area contributed by atoms with Crippen LogP contribution in [-0.2, 0) is 0 Å². The summed E-state index contributed by atoms with van der Waals surface area (Å²) in [5.74, 6) is 0.00551. The highest BCUT2D eigenvalue weighted by Crippen LogP contribution is 2.15. The number of amides is 1. The quantitative estimate of drug-likeness (QED) is 0.792. The number of anilines is 1. The van der Waals surface area contributed by atoms with Gasteiger partial charge in [0, 0.05) is 19.3 Å². The fourth-order valence-electron chi connectivity index (χ4n) is 1.58. The van der Waals surface area contributed by atoms with E-state index in [1.54, 1.807) is 11.0 Å². The summed E-state index contributed by atoms with van der Waals surface area (Å²) in [7, 11) is 1.82. The van der Waals surface area contributed by atoms with E-state index in [9.17, 15) is 4.79 Å². The number of aryl methyl sites for hydroxylation is 1. The molecule has 2 N–H and O–H groups in total. The molecule has 0 unspecified atom stereocenters. The Balaban J connectivity index is 2.79. The molecule has 0 atom stereocenters. The molecule has 0 radical (unpaired) electrons. The Morgan fingerprint density at radius 3 is 2.69 bits per heavy atom. The molecule has 0 aliphatic heterocycles. The summed E-state index contributed by atoms with van der Waals surface area (Å²) in [6.07, 6.45) is 2.11. The number of hydrogen-bond donors (Lipinski definition) is 1. The third-order valence-corrected chi connectivity index (χ3v) is 2.63. The van der Waals surface area contributed by atoms with Gasteiger partial charge in [0.05, 0.1) is 5.56 Å². The van der Waals surface area contributed by atoms with E-state index in [4.69, 9.17) is 5.73 Å². The molecule has 3 heteroatoms. The molecule has 16 heavy (non-hydrogen) atoms. The number of carbonyl (C=O) groups is 1. The molecule has 1 rings (SSSR count). The summed E-state index contributed by atoms with van der Waals surface area (Å²) in [4.78, 5) is 13.8. The number of unbranched alkanes of at least 4 members (excludes halogenated alkanes) is 1. The minimum Gasteiger partial charge on any atom is -0.398 e. The highest BCUT2D eigenvalue weighted by Gasteiger charge is 2.13. The number of carbonyl (C=O) groups excluding carboxylic acids is 1. The molecule has 1 aromatic rings. The normalized spacial score (nSPS) is 10.2. The maximum absolute atomic E-state index is 12.0. The van der Waals surface area contributed by atoms with Crippen LogP contribution in [0, 0.1) is 6.92 Å². The predicted molar refractivity (Wildman–Crippen MR) is 67.5 cm³/mol. The summed E-state index contributed by atoms with van der Waals surface area (Å²) < 4.78 is 0. The van der Waals surface area contributed by atoms with Crippen LogP contribution in [0.15, 0.2) is 18.2 Å². The second kappa shape index (κ2) is 5.54. The van der Waals surface area contributed by atoms with Crippen LogP contribution in [-0.4, -0.2) is 24.4 Å². The Morgan fingerprint density at radius 2 is 2.12 bits per heavy atom. The van der Waals surface area contributed by atoms with Gasteiger partial charge in [-0.25, -0.2) is 0 Å². The first-order valence-electron chi connectivity index (χ1n) is 5.67. The summed E-state index contributed by atoms with van der Waals surface area (Å²) in [6.45, 7) is 4.85. The van der Waals surface area contributed by atoms with Crippen LogP contribution in [0.1, 0.15) is 35.7 Å². The van der Waals surface area contributed by atoms with Gasteiger partial charge in [-0.2, -0.15) is 0 Å². The Kier molecular flexibility index (Phi) is 4.35. The lowest BCUT2D eigenvalue weighted by molar-refractivity contribution is 0.0794. The lowest BCUT2D eigenvalue weighted by atomic mass is 10.1. The molecule has 1 amide bonds. The first-order valence-corrected chi connectivity index (χ1v) is 5.67. The van der Waals surface area contributed by atoms with Crippen LogP contribution in [0.2, 0.25) is 0 Å². The molecule has 0 aliphatic carbocycles. The average Bonchev–Trinajstić information content (AvgIpc) is 2.25. The summed E-state index contributed by atoms with van der Waals surface area (Å²) in [5, 5.41) is 0. The molecule has 0 aliphatic rings. The van der Waals surface area contributed by atoms with Gasteiger partial charge >= 0.3 is 0 Å². The van der Waals surface area contributed by atoms with Gasteiger partial charge in [-0.3, -0.25) is 4.79 Å². The van der Waals surface area contributed by atoms with E-state index < -0.39 is 0 Å². The van der Waals surface area contributed by atoms with Gasteiger partial charge in [0.2, 0.25) is 0 Å². The lowest BCUT2D eigenvalue weighted by Crippen LogP contribution is -2.28. The van der Waals surface area contributed by atoms with Gasteiger partial charge in [0.25, 0.3) is 5.91 Å². The molecular weight excluding hydrogens is 200 g/mol. The molecule has 0 aromatic heterocycles.